The van der Waals surface area contributed by atoms with Crippen molar-refractivity contribution in [3.63, 3.8) is 0 Å². The maximum Gasteiger partial charge on any atom is 0.319 e. The van der Waals surface area contributed by atoms with Gasteiger partial charge in [-0.1, -0.05) is 13.0 Å². The number of primary amides is 1. The van der Waals surface area contributed by atoms with Crippen molar-refractivity contribution in [2.75, 3.05) is 42.9 Å². The molecule has 3 rings (SSSR count). The Balaban J connectivity index is 1.72. The summed E-state index contributed by atoms with van der Waals surface area (Å²) in [6.45, 7) is 10.4. The van der Waals surface area contributed by atoms with Crippen molar-refractivity contribution in [2.45, 2.75) is 26.8 Å². The zero-order valence-corrected chi connectivity index (χ0v) is 18.2. The van der Waals surface area contributed by atoms with Gasteiger partial charge in [0.05, 0.1) is 6.04 Å². The van der Waals surface area contributed by atoms with E-state index in [4.69, 9.17) is 5.73 Å². The van der Waals surface area contributed by atoms with Crippen molar-refractivity contribution in [3.05, 3.63) is 58.9 Å². The molecule has 1 heterocycles. The number of amides is 3. The minimum atomic E-state index is -0.553. The third-order valence-corrected chi connectivity index (χ3v) is 5.72. The number of rotatable bonds is 6. The fourth-order valence-corrected chi connectivity index (χ4v) is 3.87. The summed E-state index contributed by atoms with van der Waals surface area (Å²) >= 11 is 0. The Labute approximate surface area is 182 Å². The number of benzene rings is 2. The first-order valence-electron chi connectivity index (χ1n) is 10.5. The fourth-order valence-electron chi connectivity index (χ4n) is 3.87. The number of nitrogens with one attached hydrogen (secondary N) is 2. The van der Waals surface area contributed by atoms with Gasteiger partial charge in [0.25, 0.3) is 0 Å². The topological polar surface area (TPSA) is 90.7 Å². The normalized spacial score (nSPS) is 15.4. The number of carbonyl (C=O) groups is 2. The number of nitrogens with two attached hydrogens (primary N) is 1. The highest BCUT2D eigenvalue weighted by molar-refractivity contribution is 5.97. The van der Waals surface area contributed by atoms with Crippen LogP contribution in [0.5, 0.6) is 0 Å². The second kappa shape index (κ2) is 9.78. The van der Waals surface area contributed by atoms with Crippen LogP contribution in [0.4, 0.5) is 20.6 Å². The number of likely N-dealkylation sites (N-methyl/N-ethyl adjacent to an activating group) is 1. The Morgan fingerprint density at radius 1 is 1.13 bits per heavy atom. The van der Waals surface area contributed by atoms with Crippen LogP contribution in [0, 0.1) is 12.7 Å². The molecule has 1 fully saturated rings. The smallest absolute Gasteiger partial charge is 0.319 e. The lowest BCUT2D eigenvalue weighted by atomic mass is 10.0. The molecule has 3 amide bonds. The van der Waals surface area contributed by atoms with Crippen molar-refractivity contribution in [2.24, 2.45) is 5.73 Å². The number of urea groups is 1. The maximum atomic E-state index is 14.0. The molecule has 8 heteroatoms. The first-order chi connectivity index (χ1) is 14.8. The van der Waals surface area contributed by atoms with Crippen LogP contribution < -0.4 is 21.3 Å². The van der Waals surface area contributed by atoms with Crippen LogP contribution in [-0.2, 0) is 0 Å². The van der Waals surface area contributed by atoms with Gasteiger partial charge in [0.1, 0.15) is 5.82 Å². The number of carbonyl (C=O) groups excluding carboxylic acids is 2. The summed E-state index contributed by atoms with van der Waals surface area (Å²) in [5, 5.41) is 5.58. The van der Waals surface area contributed by atoms with Gasteiger partial charge >= 0.3 is 6.03 Å². The minimum Gasteiger partial charge on any atom is -0.369 e. The fraction of sp³-hybridized carbons (Fsp3) is 0.391. The summed E-state index contributed by atoms with van der Waals surface area (Å²) in [5.41, 5.74) is 8.58. The Bertz CT molecular complexity index is 957. The molecule has 31 heavy (non-hydrogen) atoms. The van der Waals surface area contributed by atoms with Gasteiger partial charge < -0.3 is 26.2 Å². The quantitative estimate of drug-likeness (QED) is 0.660. The molecule has 1 saturated heterocycles. The SMILES string of the molecule is CCN1CCN(c2ccc(F)cc2C(C)NC(=O)Nc2ccc(C)c(C(N)=O)c2)CC1. The number of anilines is 2. The molecule has 2 aromatic rings. The van der Waals surface area contributed by atoms with E-state index in [1.807, 2.05) is 6.92 Å². The van der Waals surface area contributed by atoms with Gasteiger partial charge in [-0.05, 0) is 56.3 Å². The molecule has 0 aromatic heterocycles. The Morgan fingerprint density at radius 2 is 1.84 bits per heavy atom. The first kappa shape index (κ1) is 22.6. The predicted octanol–water partition coefficient (Wildman–Crippen LogP) is 3.26. The third kappa shape index (κ3) is 5.52. The van der Waals surface area contributed by atoms with Gasteiger partial charge in [0.15, 0.2) is 0 Å². The van der Waals surface area contributed by atoms with Crippen LogP contribution >= 0.6 is 0 Å². The molecule has 0 aliphatic carbocycles. The Hall–Kier alpha value is -3.13. The van der Waals surface area contributed by atoms with E-state index in [1.165, 1.54) is 12.1 Å². The average molecular weight is 428 g/mol. The van der Waals surface area contributed by atoms with Crippen molar-refractivity contribution in [1.82, 2.24) is 10.2 Å². The molecule has 4 N–H and O–H groups in total. The standard InChI is InChI=1S/C23H30FN5O2/c1-4-28-9-11-29(12-10-28)21-8-6-17(24)13-20(21)16(3)26-23(31)27-18-7-5-15(2)19(14-18)22(25)30/h5-8,13-14,16H,4,9-12H2,1-3H3,(H2,25,30)(H2,26,27,31). The van der Waals surface area contributed by atoms with Crippen molar-refractivity contribution in [3.8, 4) is 0 Å². The van der Waals surface area contributed by atoms with Crippen molar-refractivity contribution in [1.29, 1.82) is 0 Å². The highest BCUT2D eigenvalue weighted by Crippen LogP contribution is 2.28. The molecule has 7 nitrogen and oxygen atoms in total. The second-order valence-electron chi connectivity index (χ2n) is 7.84. The van der Waals surface area contributed by atoms with Crippen molar-refractivity contribution < 1.29 is 14.0 Å². The average Bonchev–Trinajstić information content (AvgIpc) is 2.75. The number of hydrogen-bond donors (Lipinski definition) is 3. The molecular weight excluding hydrogens is 397 g/mol. The molecule has 1 unspecified atom stereocenters. The first-order valence-corrected chi connectivity index (χ1v) is 10.5. The number of hydrogen-bond acceptors (Lipinski definition) is 4. The molecule has 1 aliphatic heterocycles. The van der Waals surface area contributed by atoms with E-state index >= 15 is 0 Å². The monoisotopic (exact) mass is 427 g/mol. The lowest BCUT2D eigenvalue weighted by Crippen LogP contribution is -2.46. The van der Waals surface area contributed by atoms with E-state index in [9.17, 15) is 14.0 Å². The molecule has 166 valence electrons. The van der Waals surface area contributed by atoms with Crippen LogP contribution in [0.3, 0.4) is 0 Å². The van der Waals surface area contributed by atoms with Crippen LogP contribution in [0.15, 0.2) is 36.4 Å². The van der Waals surface area contributed by atoms with E-state index < -0.39 is 18.0 Å². The molecular formula is C23H30FN5O2. The molecule has 0 radical (unpaired) electrons. The summed E-state index contributed by atoms with van der Waals surface area (Å²) in [7, 11) is 0. The van der Waals surface area contributed by atoms with E-state index in [1.54, 1.807) is 31.2 Å². The zero-order valence-electron chi connectivity index (χ0n) is 18.2. The van der Waals surface area contributed by atoms with Gasteiger partial charge in [-0.15, -0.1) is 0 Å². The lowest BCUT2D eigenvalue weighted by Gasteiger charge is -2.37. The summed E-state index contributed by atoms with van der Waals surface area (Å²) in [6.07, 6.45) is 0. The molecule has 1 atom stereocenters. The summed E-state index contributed by atoms with van der Waals surface area (Å²) in [6, 6.07) is 8.81. The molecule has 1 aliphatic rings. The van der Waals surface area contributed by atoms with Crippen LogP contribution in [0.2, 0.25) is 0 Å². The predicted molar refractivity (Wildman–Crippen MR) is 121 cm³/mol. The van der Waals surface area contributed by atoms with E-state index in [-0.39, 0.29) is 5.82 Å². The van der Waals surface area contributed by atoms with E-state index in [0.717, 1.165) is 49.5 Å². The number of piperazine rings is 1. The van der Waals surface area contributed by atoms with Gasteiger partial charge in [-0.3, -0.25) is 4.79 Å². The molecule has 0 spiro atoms. The van der Waals surface area contributed by atoms with Gasteiger partial charge in [-0.2, -0.15) is 0 Å². The largest absolute Gasteiger partial charge is 0.369 e. The molecule has 0 saturated carbocycles. The van der Waals surface area contributed by atoms with Crippen LogP contribution in [-0.4, -0.2) is 49.6 Å². The minimum absolute atomic E-state index is 0.343. The number of nitrogens with zero attached hydrogens (tertiary/aromatic N) is 2. The highest BCUT2D eigenvalue weighted by atomic mass is 19.1. The highest BCUT2D eigenvalue weighted by Gasteiger charge is 2.22. The van der Waals surface area contributed by atoms with E-state index in [0.29, 0.717) is 11.3 Å². The number of aryl methyl sites for hydroxylation is 1. The Kier molecular flexibility index (Phi) is 7.12. The van der Waals surface area contributed by atoms with Gasteiger partial charge in [0, 0.05) is 48.7 Å². The lowest BCUT2D eigenvalue weighted by molar-refractivity contribution is 0.0999. The zero-order chi connectivity index (χ0) is 22.5. The second-order valence-corrected chi connectivity index (χ2v) is 7.84. The summed E-state index contributed by atoms with van der Waals surface area (Å²) in [5.74, 6) is -0.896. The van der Waals surface area contributed by atoms with Gasteiger partial charge in [0.2, 0.25) is 5.91 Å². The summed E-state index contributed by atoms with van der Waals surface area (Å²) in [4.78, 5) is 28.7. The molecule has 2 aromatic carbocycles. The van der Waals surface area contributed by atoms with Crippen molar-refractivity contribution >= 4 is 23.3 Å². The van der Waals surface area contributed by atoms with Crippen LogP contribution in [0.1, 0.15) is 41.4 Å². The van der Waals surface area contributed by atoms with Gasteiger partial charge in [-0.25, -0.2) is 9.18 Å². The summed E-state index contributed by atoms with van der Waals surface area (Å²) < 4.78 is 14.0. The maximum absolute atomic E-state index is 14.0. The number of halogens is 1. The third-order valence-electron chi connectivity index (χ3n) is 5.72. The van der Waals surface area contributed by atoms with E-state index in [2.05, 4.69) is 27.4 Å². The Morgan fingerprint density at radius 3 is 2.48 bits per heavy atom. The molecule has 0 bridgehead atoms. The van der Waals surface area contributed by atoms with Crippen LogP contribution in [0.25, 0.3) is 0 Å².